The zero-order chi connectivity index (χ0) is 21.7. The van der Waals surface area contributed by atoms with Crippen molar-refractivity contribution in [3.05, 3.63) is 46.7 Å². The fourth-order valence-electron chi connectivity index (χ4n) is 3.75. The van der Waals surface area contributed by atoms with Crippen LogP contribution in [0.3, 0.4) is 0 Å². The van der Waals surface area contributed by atoms with Crippen molar-refractivity contribution in [3.63, 3.8) is 0 Å². The molecule has 2 unspecified atom stereocenters. The molecule has 6 heteroatoms. The van der Waals surface area contributed by atoms with Crippen LogP contribution in [0, 0.1) is 19.8 Å². The predicted molar refractivity (Wildman–Crippen MR) is 120 cm³/mol. The molecule has 1 N–H and O–H groups in total. The van der Waals surface area contributed by atoms with Gasteiger partial charge in [-0.3, -0.25) is 5.32 Å². The average molecular weight is 412 g/mol. The van der Waals surface area contributed by atoms with Crippen molar-refractivity contribution in [1.29, 1.82) is 0 Å². The third kappa shape index (κ3) is 5.43. The Morgan fingerprint density at radius 3 is 2.90 bits per heavy atom. The van der Waals surface area contributed by atoms with Gasteiger partial charge in [0.1, 0.15) is 5.75 Å². The van der Waals surface area contributed by atoms with E-state index in [2.05, 4.69) is 49.5 Å². The molecule has 1 aliphatic heterocycles. The van der Waals surface area contributed by atoms with Gasteiger partial charge in [-0.15, -0.1) is 0 Å². The molecule has 0 radical (unpaired) electrons. The van der Waals surface area contributed by atoms with Gasteiger partial charge < -0.3 is 14.2 Å². The Balaban J connectivity index is 1.61. The van der Waals surface area contributed by atoms with Crippen molar-refractivity contribution >= 4 is 18.0 Å². The van der Waals surface area contributed by atoms with Gasteiger partial charge in [0.15, 0.2) is 0 Å². The van der Waals surface area contributed by atoms with Crippen LogP contribution in [0.4, 0.5) is 10.7 Å². The average Bonchev–Trinajstić information content (AvgIpc) is 3.02. The Bertz CT molecular complexity index is 903. The van der Waals surface area contributed by atoms with Crippen LogP contribution in [-0.4, -0.2) is 35.3 Å². The molecule has 3 rings (SSSR count). The smallest absolute Gasteiger partial charge is 0.324 e. The van der Waals surface area contributed by atoms with Gasteiger partial charge in [0.25, 0.3) is 0 Å². The van der Waals surface area contributed by atoms with Crippen LogP contribution < -0.4 is 10.1 Å². The highest BCUT2D eigenvalue weighted by Crippen LogP contribution is 2.27. The van der Waals surface area contributed by atoms with Crippen LogP contribution >= 0.6 is 0 Å². The number of rotatable bonds is 6. The van der Waals surface area contributed by atoms with E-state index in [1.54, 1.807) is 0 Å². The lowest BCUT2D eigenvalue weighted by molar-refractivity contribution is 0.197. The molecular weight excluding hydrogens is 378 g/mol. The van der Waals surface area contributed by atoms with E-state index in [1.807, 2.05) is 30.9 Å². The van der Waals surface area contributed by atoms with E-state index in [9.17, 15) is 4.79 Å². The molecule has 1 aliphatic rings. The Kier molecular flexibility index (Phi) is 7.19. The number of piperidine rings is 1. The number of benzene rings is 1. The summed E-state index contributed by atoms with van der Waals surface area (Å²) in [5.41, 5.74) is 4.15. The molecule has 2 aromatic rings. The molecular formula is C24H33N3O3. The summed E-state index contributed by atoms with van der Waals surface area (Å²) in [5, 5.41) is 6.74. The molecule has 2 amide bonds. The number of nitrogens with one attached hydrogen (secondary N) is 1. The van der Waals surface area contributed by atoms with Gasteiger partial charge in [-0.25, -0.2) is 4.79 Å². The van der Waals surface area contributed by atoms with Crippen LogP contribution in [0.2, 0.25) is 0 Å². The highest BCUT2D eigenvalue weighted by molar-refractivity contribution is 5.88. The second-order valence-corrected chi connectivity index (χ2v) is 8.26. The number of nitrogens with zero attached hydrogens (tertiary/aromatic N) is 2. The number of aryl methyl sites for hydroxylation is 1. The quantitative estimate of drug-likeness (QED) is 0.651. The lowest BCUT2D eigenvalue weighted by Crippen LogP contribution is -2.42. The summed E-state index contributed by atoms with van der Waals surface area (Å²) in [6.07, 6.45) is 5.47. The molecule has 1 saturated heterocycles. The lowest BCUT2D eigenvalue weighted by atomic mass is 9.91. The normalized spacial score (nSPS) is 19.0. The molecule has 162 valence electrons. The first-order valence-corrected chi connectivity index (χ1v) is 10.8. The minimum absolute atomic E-state index is 0.138. The van der Waals surface area contributed by atoms with Crippen LogP contribution in [-0.2, 0) is 0 Å². The monoisotopic (exact) mass is 411 g/mol. The van der Waals surface area contributed by atoms with Gasteiger partial charge in [0.05, 0.1) is 11.8 Å². The summed E-state index contributed by atoms with van der Waals surface area (Å²) in [5.74, 6) is 1.62. The first kappa shape index (κ1) is 21.9. The molecule has 1 aromatic heterocycles. The molecule has 30 heavy (non-hydrogen) atoms. The number of hydrogen-bond donors (Lipinski definition) is 1. The molecule has 6 nitrogen and oxygen atoms in total. The van der Waals surface area contributed by atoms with E-state index in [4.69, 9.17) is 9.26 Å². The molecule has 0 spiro atoms. The van der Waals surface area contributed by atoms with E-state index in [-0.39, 0.29) is 18.1 Å². The summed E-state index contributed by atoms with van der Waals surface area (Å²) < 4.78 is 11.2. The maximum atomic E-state index is 12.6. The highest BCUT2D eigenvalue weighted by atomic mass is 16.5. The van der Waals surface area contributed by atoms with E-state index < -0.39 is 0 Å². The standard InChI is InChI=1S/C24H33N3O3/c1-6-8-17(3)29-22-10-7-9-20(14-22)13-21-11-12-27(15-16(21)2)24(28)25-23-18(4)19(5)26-30-23/h7,9-10,13-14,16-17H,6,8,11-12,15H2,1-5H3,(H,25,28). The second kappa shape index (κ2) is 9.83. The van der Waals surface area contributed by atoms with Crippen LogP contribution in [0.15, 0.2) is 34.4 Å². The highest BCUT2D eigenvalue weighted by Gasteiger charge is 2.25. The molecule has 0 bridgehead atoms. The maximum Gasteiger partial charge on any atom is 0.324 e. The van der Waals surface area contributed by atoms with Gasteiger partial charge in [-0.05, 0) is 57.2 Å². The van der Waals surface area contributed by atoms with E-state index in [0.717, 1.165) is 41.8 Å². The number of ether oxygens (including phenoxy) is 1. The zero-order valence-electron chi connectivity index (χ0n) is 18.7. The molecule has 0 aliphatic carbocycles. The fraction of sp³-hybridized carbons (Fsp3) is 0.500. The summed E-state index contributed by atoms with van der Waals surface area (Å²) in [4.78, 5) is 14.5. The minimum atomic E-state index is -0.138. The van der Waals surface area contributed by atoms with E-state index >= 15 is 0 Å². The molecule has 0 saturated carbocycles. The van der Waals surface area contributed by atoms with Gasteiger partial charge in [-0.2, -0.15) is 0 Å². The molecule has 1 aromatic carbocycles. The Morgan fingerprint density at radius 2 is 2.23 bits per heavy atom. The summed E-state index contributed by atoms with van der Waals surface area (Å²) in [6.45, 7) is 11.5. The number of urea groups is 1. The van der Waals surface area contributed by atoms with E-state index in [1.165, 1.54) is 5.57 Å². The fourth-order valence-corrected chi connectivity index (χ4v) is 3.75. The summed E-state index contributed by atoms with van der Waals surface area (Å²) in [6, 6.07) is 8.11. The van der Waals surface area contributed by atoms with Gasteiger partial charge in [-0.1, -0.05) is 49.2 Å². The Morgan fingerprint density at radius 1 is 1.43 bits per heavy atom. The second-order valence-electron chi connectivity index (χ2n) is 8.26. The van der Waals surface area contributed by atoms with Crippen molar-refractivity contribution in [2.24, 2.45) is 5.92 Å². The number of carbonyl (C=O) groups excluding carboxylic acids is 1. The molecule has 1 fully saturated rings. The molecule has 2 heterocycles. The van der Waals surface area contributed by atoms with Crippen molar-refractivity contribution in [3.8, 4) is 5.75 Å². The van der Waals surface area contributed by atoms with Crippen molar-refractivity contribution in [2.75, 3.05) is 18.4 Å². The topological polar surface area (TPSA) is 67.6 Å². The van der Waals surface area contributed by atoms with Crippen molar-refractivity contribution in [1.82, 2.24) is 10.1 Å². The van der Waals surface area contributed by atoms with Gasteiger partial charge in [0.2, 0.25) is 5.88 Å². The van der Waals surface area contributed by atoms with Crippen LogP contribution in [0.1, 0.15) is 56.9 Å². The van der Waals surface area contributed by atoms with Crippen LogP contribution in [0.25, 0.3) is 6.08 Å². The number of likely N-dealkylation sites (tertiary alicyclic amines) is 1. The van der Waals surface area contributed by atoms with Crippen LogP contribution in [0.5, 0.6) is 5.75 Å². The number of hydrogen-bond acceptors (Lipinski definition) is 4. The number of anilines is 1. The predicted octanol–water partition coefficient (Wildman–Crippen LogP) is 5.82. The third-order valence-corrected chi connectivity index (χ3v) is 5.71. The number of aromatic nitrogens is 1. The lowest BCUT2D eigenvalue weighted by Gasteiger charge is -2.33. The Hall–Kier alpha value is -2.76. The zero-order valence-corrected chi connectivity index (χ0v) is 18.7. The molecule has 2 atom stereocenters. The first-order chi connectivity index (χ1) is 14.4. The summed E-state index contributed by atoms with van der Waals surface area (Å²) >= 11 is 0. The number of amides is 2. The first-order valence-electron chi connectivity index (χ1n) is 10.8. The van der Waals surface area contributed by atoms with Gasteiger partial charge >= 0.3 is 6.03 Å². The van der Waals surface area contributed by atoms with Gasteiger partial charge in [0, 0.05) is 18.7 Å². The maximum absolute atomic E-state index is 12.6. The van der Waals surface area contributed by atoms with Crippen molar-refractivity contribution in [2.45, 2.75) is 60.0 Å². The Labute approximate surface area is 179 Å². The minimum Gasteiger partial charge on any atom is -0.491 e. The SMILES string of the molecule is CCCC(C)Oc1cccc(C=C2CCN(C(=O)Nc3onc(C)c3C)CC2C)c1. The van der Waals surface area contributed by atoms with E-state index in [0.29, 0.717) is 19.0 Å². The largest absolute Gasteiger partial charge is 0.491 e. The number of carbonyl (C=O) groups is 1. The van der Waals surface area contributed by atoms with Crippen molar-refractivity contribution < 1.29 is 14.1 Å². The third-order valence-electron chi connectivity index (χ3n) is 5.71. The summed E-state index contributed by atoms with van der Waals surface area (Å²) in [7, 11) is 0.